The number of nitrogens with one attached hydrogen (secondary N) is 1. The van der Waals surface area contributed by atoms with Crippen molar-refractivity contribution in [2.75, 3.05) is 13.2 Å². The van der Waals surface area contributed by atoms with Crippen LogP contribution in [0.3, 0.4) is 0 Å². The van der Waals surface area contributed by atoms with Crippen LogP contribution in [-0.2, 0) is 9.53 Å². The summed E-state index contributed by atoms with van der Waals surface area (Å²) < 4.78 is 5.46. The third kappa shape index (κ3) is 5.71. The number of ether oxygens (including phenoxy) is 1. The summed E-state index contributed by atoms with van der Waals surface area (Å²) in [6.45, 7) is 3.53. The Balaban J connectivity index is 2.01. The highest BCUT2D eigenvalue weighted by molar-refractivity contribution is 6.20. The Kier molecular flexibility index (Phi) is 6.81. The summed E-state index contributed by atoms with van der Waals surface area (Å²) in [7, 11) is 0. The summed E-state index contributed by atoms with van der Waals surface area (Å²) >= 11 is 6.01. The van der Waals surface area contributed by atoms with Gasteiger partial charge in [-0.25, -0.2) is 0 Å². The van der Waals surface area contributed by atoms with Gasteiger partial charge in [-0.15, -0.1) is 11.6 Å². The number of amides is 1. The third-order valence-corrected chi connectivity index (χ3v) is 3.21. The Morgan fingerprint density at radius 1 is 1.62 bits per heavy atom. The van der Waals surface area contributed by atoms with E-state index in [-0.39, 0.29) is 11.3 Å². The van der Waals surface area contributed by atoms with E-state index in [2.05, 4.69) is 12.2 Å². The smallest absolute Gasteiger partial charge is 0.220 e. The van der Waals surface area contributed by atoms with Crippen molar-refractivity contribution >= 4 is 17.5 Å². The number of alkyl halides is 1. The second-order valence-corrected chi connectivity index (χ2v) is 4.98. The lowest BCUT2D eigenvalue weighted by Crippen LogP contribution is -2.30. The highest BCUT2D eigenvalue weighted by Gasteiger charge is 2.16. The fourth-order valence-electron chi connectivity index (χ4n) is 1.89. The number of hydrogen-bond acceptors (Lipinski definition) is 2. The van der Waals surface area contributed by atoms with Gasteiger partial charge in [-0.2, -0.15) is 0 Å². The van der Waals surface area contributed by atoms with E-state index < -0.39 is 0 Å². The molecule has 0 radical (unpaired) electrons. The number of halogens is 1. The molecule has 0 aromatic rings. The average molecular weight is 248 g/mol. The van der Waals surface area contributed by atoms with Crippen molar-refractivity contribution in [2.24, 2.45) is 0 Å². The van der Waals surface area contributed by atoms with Gasteiger partial charge >= 0.3 is 0 Å². The minimum atomic E-state index is 0.0664. The molecule has 1 saturated heterocycles. The second-order valence-electron chi connectivity index (χ2n) is 4.36. The molecule has 0 spiro atoms. The van der Waals surface area contributed by atoms with Gasteiger partial charge in [0.05, 0.1) is 11.5 Å². The SMILES string of the molecule is CCCC(Cl)CNC(=O)CCC1CCCO1. The van der Waals surface area contributed by atoms with Gasteiger partial charge in [0, 0.05) is 19.6 Å². The van der Waals surface area contributed by atoms with E-state index in [9.17, 15) is 4.79 Å². The topological polar surface area (TPSA) is 38.3 Å². The molecule has 1 heterocycles. The molecule has 1 N–H and O–H groups in total. The zero-order chi connectivity index (χ0) is 11.8. The van der Waals surface area contributed by atoms with Gasteiger partial charge < -0.3 is 10.1 Å². The zero-order valence-electron chi connectivity index (χ0n) is 10.0. The fourth-order valence-corrected chi connectivity index (χ4v) is 2.19. The molecule has 0 aromatic heterocycles. The van der Waals surface area contributed by atoms with E-state index in [1.54, 1.807) is 0 Å². The van der Waals surface area contributed by atoms with E-state index in [1.807, 2.05) is 0 Å². The molecule has 0 aromatic carbocycles. The Morgan fingerprint density at radius 3 is 3.06 bits per heavy atom. The van der Waals surface area contributed by atoms with E-state index in [4.69, 9.17) is 16.3 Å². The first kappa shape index (κ1) is 13.8. The van der Waals surface area contributed by atoms with Gasteiger partial charge in [0.25, 0.3) is 0 Å². The predicted molar refractivity (Wildman–Crippen MR) is 65.8 cm³/mol. The van der Waals surface area contributed by atoms with Crippen LogP contribution >= 0.6 is 11.6 Å². The molecule has 1 aliphatic rings. The molecule has 1 fully saturated rings. The van der Waals surface area contributed by atoms with E-state index in [0.717, 1.165) is 38.7 Å². The number of carbonyl (C=O) groups excluding carboxylic acids is 1. The van der Waals surface area contributed by atoms with Crippen molar-refractivity contribution in [3.8, 4) is 0 Å². The van der Waals surface area contributed by atoms with Crippen LogP contribution in [0.25, 0.3) is 0 Å². The van der Waals surface area contributed by atoms with Crippen LogP contribution in [0, 0.1) is 0 Å². The van der Waals surface area contributed by atoms with Gasteiger partial charge in [-0.1, -0.05) is 13.3 Å². The van der Waals surface area contributed by atoms with Crippen LogP contribution in [0.15, 0.2) is 0 Å². The maximum Gasteiger partial charge on any atom is 0.220 e. The summed E-state index contributed by atoms with van der Waals surface area (Å²) in [6.07, 6.45) is 5.93. The standard InChI is InChI=1S/C12H22ClNO2/c1-2-4-10(13)9-14-12(15)7-6-11-5-3-8-16-11/h10-11H,2-9H2,1H3,(H,14,15). The van der Waals surface area contributed by atoms with E-state index in [1.165, 1.54) is 0 Å². The van der Waals surface area contributed by atoms with E-state index in [0.29, 0.717) is 19.1 Å². The zero-order valence-corrected chi connectivity index (χ0v) is 10.8. The van der Waals surface area contributed by atoms with Crippen LogP contribution in [0.5, 0.6) is 0 Å². The molecule has 1 rings (SSSR count). The number of hydrogen-bond donors (Lipinski definition) is 1. The lowest BCUT2D eigenvalue weighted by molar-refractivity contribution is -0.121. The monoisotopic (exact) mass is 247 g/mol. The van der Waals surface area contributed by atoms with Crippen molar-refractivity contribution in [2.45, 2.75) is 56.9 Å². The second kappa shape index (κ2) is 7.91. The lowest BCUT2D eigenvalue weighted by Gasteiger charge is -2.11. The van der Waals surface area contributed by atoms with Crippen molar-refractivity contribution in [3.05, 3.63) is 0 Å². The molecule has 2 unspecified atom stereocenters. The number of rotatable bonds is 7. The predicted octanol–water partition coefficient (Wildman–Crippen LogP) is 2.47. The molecule has 94 valence electrons. The van der Waals surface area contributed by atoms with Crippen LogP contribution < -0.4 is 5.32 Å². The minimum Gasteiger partial charge on any atom is -0.378 e. The first-order chi connectivity index (χ1) is 7.72. The molecular weight excluding hydrogens is 226 g/mol. The molecule has 4 heteroatoms. The molecule has 0 aliphatic carbocycles. The first-order valence-electron chi connectivity index (χ1n) is 6.24. The van der Waals surface area contributed by atoms with Crippen molar-refractivity contribution < 1.29 is 9.53 Å². The maximum absolute atomic E-state index is 11.5. The molecule has 1 amide bonds. The highest BCUT2D eigenvalue weighted by atomic mass is 35.5. The fraction of sp³-hybridized carbons (Fsp3) is 0.917. The van der Waals surface area contributed by atoms with Crippen LogP contribution in [-0.4, -0.2) is 30.5 Å². The normalized spacial score (nSPS) is 22.0. The van der Waals surface area contributed by atoms with Crippen LogP contribution in [0.1, 0.15) is 45.4 Å². The molecular formula is C12H22ClNO2. The Morgan fingerprint density at radius 2 is 2.44 bits per heavy atom. The Labute approximate surface area is 103 Å². The first-order valence-corrected chi connectivity index (χ1v) is 6.68. The van der Waals surface area contributed by atoms with E-state index >= 15 is 0 Å². The number of carbonyl (C=O) groups is 1. The molecule has 0 saturated carbocycles. The highest BCUT2D eigenvalue weighted by Crippen LogP contribution is 2.16. The molecule has 1 aliphatic heterocycles. The van der Waals surface area contributed by atoms with Gasteiger partial charge in [0.15, 0.2) is 0 Å². The van der Waals surface area contributed by atoms with Gasteiger partial charge in [-0.3, -0.25) is 4.79 Å². The van der Waals surface area contributed by atoms with Crippen molar-refractivity contribution in [1.82, 2.24) is 5.32 Å². The summed E-state index contributed by atoms with van der Waals surface area (Å²) in [4.78, 5) is 11.5. The van der Waals surface area contributed by atoms with Gasteiger partial charge in [-0.05, 0) is 25.7 Å². The molecule has 0 bridgehead atoms. The molecule has 3 nitrogen and oxygen atoms in total. The van der Waals surface area contributed by atoms with Gasteiger partial charge in [0.2, 0.25) is 5.91 Å². The third-order valence-electron chi connectivity index (χ3n) is 2.84. The maximum atomic E-state index is 11.5. The lowest BCUT2D eigenvalue weighted by atomic mass is 10.1. The Bertz CT molecular complexity index is 205. The summed E-state index contributed by atoms with van der Waals surface area (Å²) in [5.74, 6) is 0.0947. The summed E-state index contributed by atoms with van der Waals surface area (Å²) in [6, 6.07) is 0. The Hall–Kier alpha value is -0.280. The summed E-state index contributed by atoms with van der Waals surface area (Å²) in [5.41, 5.74) is 0. The van der Waals surface area contributed by atoms with Crippen molar-refractivity contribution in [1.29, 1.82) is 0 Å². The van der Waals surface area contributed by atoms with Crippen LogP contribution in [0.2, 0.25) is 0 Å². The van der Waals surface area contributed by atoms with Gasteiger partial charge in [0.1, 0.15) is 0 Å². The van der Waals surface area contributed by atoms with Crippen molar-refractivity contribution in [3.63, 3.8) is 0 Å². The minimum absolute atomic E-state index is 0.0664. The molecule has 16 heavy (non-hydrogen) atoms. The largest absolute Gasteiger partial charge is 0.378 e. The summed E-state index contributed by atoms with van der Waals surface area (Å²) in [5, 5.41) is 2.93. The molecule has 2 atom stereocenters. The average Bonchev–Trinajstić information content (AvgIpc) is 2.77. The quantitative estimate of drug-likeness (QED) is 0.702. The van der Waals surface area contributed by atoms with Crippen LogP contribution in [0.4, 0.5) is 0 Å².